The minimum Gasteiger partial charge on any atom is -0.369 e. The maximum Gasteiger partial charge on any atom is 0.176 e. The zero-order valence-electron chi connectivity index (χ0n) is 10.0. The van der Waals surface area contributed by atoms with Crippen molar-refractivity contribution in [3.63, 3.8) is 0 Å². The van der Waals surface area contributed by atoms with Gasteiger partial charge in [-0.15, -0.1) is 6.42 Å². The molecular weight excluding hydrogens is 335 g/mol. The number of hydrogen-bond acceptors (Lipinski definition) is 1. The normalized spacial score (nSPS) is 13.7. The molecule has 0 aliphatic heterocycles. The van der Waals surface area contributed by atoms with E-state index >= 15 is 0 Å². The summed E-state index contributed by atoms with van der Waals surface area (Å²) in [6.07, 6.45) is 5.56. The van der Waals surface area contributed by atoms with Gasteiger partial charge < -0.3 is 5.11 Å². The van der Waals surface area contributed by atoms with E-state index in [1.54, 1.807) is 0 Å². The molecule has 0 aliphatic carbocycles. The van der Waals surface area contributed by atoms with Gasteiger partial charge in [0.15, 0.2) is 5.60 Å². The molecule has 0 saturated heterocycles. The molecule has 0 heterocycles. The molecule has 1 nitrogen and oxygen atoms in total. The van der Waals surface area contributed by atoms with Crippen molar-refractivity contribution in [3.8, 4) is 12.3 Å². The average Bonchev–Trinajstić information content (AvgIpc) is 2.42. The predicted octanol–water partition coefficient (Wildman–Crippen LogP) is 3.47. The van der Waals surface area contributed by atoms with E-state index in [1.165, 1.54) is 0 Å². The van der Waals surface area contributed by atoms with Crippen LogP contribution in [-0.2, 0) is 5.60 Å². The largest absolute Gasteiger partial charge is 0.369 e. The Morgan fingerprint density at radius 3 is 2.33 bits per heavy atom. The number of rotatable bonds is 2. The third-order valence-corrected chi connectivity index (χ3v) is 4.19. The summed E-state index contributed by atoms with van der Waals surface area (Å²) in [7, 11) is 0. The maximum atomic E-state index is 10.7. The lowest BCUT2D eigenvalue weighted by atomic mass is 9.86. The summed E-state index contributed by atoms with van der Waals surface area (Å²) in [4.78, 5) is 0. The summed E-state index contributed by atoms with van der Waals surface area (Å²) in [5, 5.41) is 10.7. The van der Waals surface area contributed by atoms with Crippen LogP contribution >= 0.6 is 22.6 Å². The van der Waals surface area contributed by atoms with Gasteiger partial charge in [0.05, 0.1) is 0 Å². The first-order valence-electron chi connectivity index (χ1n) is 5.60. The van der Waals surface area contributed by atoms with E-state index in [0.29, 0.717) is 5.56 Å². The van der Waals surface area contributed by atoms with Crippen LogP contribution in [0.1, 0.15) is 16.7 Å². The molecule has 0 amide bonds. The van der Waals surface area contributed by atoms with E-state index in [-0.39, 0.29) is 0 Å². The van der Waals surface area contributed by atoms with Crippen molar-refractivity contribution in [3.05, 3.63) is 68.8 Å². The molecular formula is C16H13IO. The highest BCUT2D eigenvalue weighted by Gasteiger charge is 2.29. The number of aryl methyl sites for hydroxylation is 1. The fourth-order valence-corrected chi connectivity index (χ4v) is 2.22. The van der Waals surface area contributed by atoms with E-state index < -0.39 is 5.60 Å². The smallest absolute Gasteiger partial charge is 0.176 e. The highest BCUT2D eigenvalue weighted by Crippen LogP contribution is 2.30. The summed E-state index contributed by atoms with van der Waals surface area (Å²) < 4.78 is 1.16. The van der Waals surface area contributed by atoms with E-state index in [0.717, 1.165) is 14.7 Å². The maximum absolute atomic E-state index is 10.7. The molecule has 0 bridgehead atoms. The second kappa shape index (κ2) is 5.13. The Morgan fingerprint density at radius 1 is 1.11 bits per heavy atom. The molecule has 2 rings (SSSR count). The Bertz CT molecular complexity index is 598. The topological polar surface area (TPSA) is 20.2 Å². The summed E-state index contributed by atoms with van der Waals surface area (Å²) in [6, 6.07) is 15.1. The van der Waals surface area contributed by atoms with Gasteiger partial charge in [0, 0.05) is 14.7 Å². The lowest BCUT2D eigenvalue weighted by molar-refractivity contribution is 0.145. The summed E-state index contributed by atoms with van der Waals surface area (Å²) in [6.45, 7) is 2.01. The van der Waals surface area contributed by atoms with Gasteiger partial charge in [-0.3, -0.25) is 0 Å². The summed E-state index contributed by atoms with van der Waals surface area (Å²) in [5.74, 6) is 2.51. The van der Waals surface area contributed by atoms with Gasteiger partial charge >= 0.3 is 0 Å². The molecule has 0 fully saturated rings. The van der Waals surface area contributed by atoms with E-state index in [1.807, 2.05) is 55.5 Å². The molecule has 0 spiro atoms. The van der Waals surface area contributed by atoms with Crippen LogP contribution in [0, 0.1) is 22.8 Å². The molecule has 0 aromatic heterocycles. The fraction of sp³-hybridized carbons (Fsp3) is 0.125. The zero-order chi connectivity index (χ0) is 13.2. The summed E-state index contributed by atoms with van der Waals surface area (Å²) in [5.41, 5.74) is 1.19. The molecule has 2 aromatic rings. The van der Waals surface area contributed by atoms with Crippen molar-refractivity contribution >= 4 is 22.6 Å². The third kappa shape index (κ3) is 2.29. The van der Waals surface area contributed by atoms with Crippen LogP contribution in [0.15, 0.2) is 48.5 Å². The first-order valence-corrected chi connectivity index (χ1v) is 6.68. The molecule has 2 aromatic carbocycles. The monoisotopic (exact) mass is 348 g/mol. The highest BCUT2D eigenvalue weighted by molar-refractivity contribution is 14.1. The van der Waals surface area contributed by atoms with Gasteiger partial charge in [0.1, 0.15) is 0 Å². The van der Waals surface area contributed by atoms with E-state index in [4.69, 9.17) is 6.42 Å². The number of halogens is 1. The van der Waals surface area contributed by atoms with Gasteiger partial charge in [0.2, 0.25) is 0 Å². The molecule has 0 saturated carbocycles. The van der Waals surface area contributed by atoms with Crippen molar-refractivity contribution < 1.29 is 5.11 Å². The van der Waals surface area contributed by atoms with Gasteiger partial charge in [-0.2, -0.15) is 0 Å². The van der Waals surface area contributed by atoms with Gasteiger partial charge in [-0.05, 0) is 41.1 Å². The minimum atomic E-state index is -1.36. The second-order valence-electron chi connectivity index (χ2n) is 4.18. The van der Waals surface area contributed by atoms with Crippen molar-refractivity contribution in [1.29, 1.82) is 0 Å². The van der Waals surface area contributed by atoms with Gasteiger partial charge in [0.25, 0.3) is 0 Å². The predicted molar refractivity (Wildman–Crippen MR) is 82.2 cm³/mol. The Balaban J connectivity index is 2.58. The van der Waals surface area contributed by atoms with E-state index in [2.05, 4.69) is 28.5 Å². The first kappa shape index (κ1) is 13.1. The Kier molecular flexibility index (Phi) is 3.74. The second-order valence-corrected chi connectivity index (χ2v) is 5.35. The molecule has 18 heavy (non-hydrogen) atoms. The number of benzene rings is 2. The standard InChI is InChI=1S/C16H13IO/c1-3-16(18,13-7-5-4-6-8-13)14-9-10-15(17)12(2)11-14/h1,4-11,18H,2H3. The van der Waals surface area contributed by atoms with Crippen molar-refractivity contribution in [2.24, 2.45) is 0 Å². The quantitative estimate of drug-likeness (QED) is 0.651. The minimum absolute atomic E-state index is 0.716. The molecule has 0 aliphatic rings. The van der Waals surface area contributed by atoms with Crippen LogP contribution in [0.3, 0.4) is 0 Å². The van der Waals surface area contributed by atoms with Crippen LogP contribution in [0.4, 0.5) is 0 Å². The fourth-order valence-electron chi connectivity index (χ4n) is 1.88. The SMILES string of the molecule is C#CC(O)(c1ccccc1)c1ccc(I)c(C)c1. The van der Waals surface area contributed by atoms with Crippen molar-refractivity contribution in [2.45, 2.75) is 12.5 Å². The molecule has 1 atom stereocenters. The average molecular weight is 348 g/mol. The zero-order valence-corrected chi connectivity index (χ0v) is 12.2. The van der Waals surface area contributed by atoms with Crippen LogP contribution in [-0.4, -0.2) is 5.11 Å². The van der Waals surface area contributed by atoms with E-state index in [9.17, 15) is 5.11 Å². The number of terminal acetylenes is 1. The summed E-state index contributed by atoms with van der Waals surface area (Å²) >= 11 is 2.26. The molecule has 1 N–H and O–H groups in total. The lowest BCUT2D eigenvalue weighted by Crippen LogP contribution is -2.25. The molecule has 1 unspecified atom stereocenters. The van der Waals surface area contributed by atoms with Crippen LogP contribution in [0.25, 0.3) is 0 Å². The number of aliphatic hydroxyl groups is 1. The van der Waals surface area contributed by atoms with Crippen molar-refractivity contribution in [2.75, 3.05) is 0 Å². The van der Waals surface area contributed by atoms with Crippen molar-refractivity contribution in [1.82, 2.24) is 0 Å². The van der Waals surface area contributed by atoms with Gasteiger partial charge in [-0.1, -0.05) is 48.4 Å². The van der Waals surface area contributed by atoms with Crippen LogP contribution in [0.2, 0.25) is 0 Å². The lowest BCUT2D eigenvalue weighted by Gasteiger charge is -2.24. The molecule has 2 heteroatoms. The van der Waals surface area contributed by atoms with Crippen LogP contribution in [0.5, 0.6) is 0 Å². The Morgan fingerprint density at radius 2 is 1.78 bits per heavy atom. The van der Waals surface area contributed by atoms with Gasteiger partial charge in [-0.25, -0.2) is 0 Å². The third-order valence-electron chi connectivity index (χ3n) is 2.98. The van der Waals surface area contributed by atoms with Crippen LogP contribution < -0.4 is 0 Å². The number of hydrogen-bond donors (Lipinski definition) is 1. The first-order chi connectivity index (χ1) is 8.58. The molecule has 90 valence electrons. The molecule has 0 radical (unpaired) electrons. The highest BCUT2D eigenvalue weighted by atomic mass is 127. The Labute approximate surface area is 121 Å². The Hall–Kier alpha value is -1.31.